The number of hydrogen-bond donors (Lipinski definition) is 1. The Balaban J connectivity index is 3.04. The molecule has 5 heteroatoms. The molecule has 0 aliphatic rings. The minimum atomic E-state index is -0.444. The van der Waals surface area contributed by atoms with E-state index in [1.165, 1.54) is 12.0 Å². The minimum absolute atomic E-state index is 0.0659. The van der Waals surface area contributed by atoms with Crippen molar-refractivity contribution in [3.63, 3.8) is 0 Å². The summed E-state index contributed by atoms with van der Waals surface area (Å²) in [5.41, 5.74) is 7.52. The molecule has 1 aromatic rings. The van der Waals surface area contributed by atoms with Crippen molar-refractivity contribution in [3.05, 3.63) is 34.9 Å². The summed E-state index contributed by atoms with van der Waals surface area (Å²) in [5, 5.41) is 0. The molecular weight excluding hydrogens is 268 g/mol. The minimum Gasteiger partial charge on any atom is -0.468 e. The van der Waals surface area contributed by atoms with Crippen LogP contribution >= 0.6 is 0 Å². The fourth-order valence-corrected chi connectivity index (χ4v) is 1.86. The van der Waals surface area contributed by atoms with E-state index in [2.05, 4.69) is 16.6 Å². The smallest absolute Gasteiger partial charge is 0.325 e. The molecule has 0 aromatic heterocycles. The number of carbonyl (C=O) groups is 2. The van der Waals surface area contributed by atoms with Crippen LogP contribution in [0.3, 0.4) is 0 Å². The van der Waals surface area contributed by atoms with Crippen molar-refractivity contribution in [2.75, 3.05) is 26.7 Å². The molecule has 112 valence electrons. The number of amides is 1. The topological polar surface area (TPSA) is 72.6 Å². The molecule has 0 aliphatic heterocycles. The Morgan fingerprint density at radius 1 is 1.33 bits per heavy atom. The van der Waals surface area contributed by atoms with E-state index in [9.17, 15) is 9.59 Å². The molecule has 0 fully saturated rings. The number of esters is 1. The summed E-state index contributed by atoms with van der Waals surface area (Å²) in [4.78, 5) is 25.2. The average Bonchev–Trinajstić information content (AvgIpc) is 2.49. The maximum Gasteiger partial charge on any atom is 0.325 e. The highest BCUT2D eigenvalue weighted by Gasteiger charge is 2.18. The molecular formula is C16H20N2O3. The summed E-state index contributed by atoms with van der Waals surface area (Å²) in [6, 6.07) is 5.36. The standard InChI is InChI=1S/C16H20N2O3/c1-4-18(11-15(19)21-3)16(20)14-9-12(2)8-13(10-14)6-5-7-17/h8-10H,4,7,11,17H2,1-3H3. The quantitative estimate of drug-likeness (QED) is 0.661. The van der Waals surface area contributed by atoms with Crippen molar-refractivity contribution in [1.29, 1.82) is 0 Å². The zero-order valence-electron chi connectivity index (χ0n) is 12.6. The number of benzene rings is 1. The predicted octanol–water partition coefficient (Wildman–Crippen LogP) is 0.940. The second-order valence-corrected chi connectivity index (χ2v) is 4.49. The van der Waals surface area contributed by atoms with Crippen molar-refractivity contribution in [2.45, 2.75) is 13.8 Å². The lowest BCUT2D eigenvalue weighted by atomic mass is 10.1. The summed E-state index contributed by atoms with van der Waals surface area (Å²) in [7, 11) is 1.30. The molecule has 0 aliphatic carbocycles. The molecule has 0 atom stereocenters. The van der Waals surface area contributed by atoms with Gasteiger partial charge in [-0.1, -0.05) is 11.8 Å². The lowest BCUT2D eigenvalue weighted by Crippen LogP contribution is -2.36. The van der Waals surface area contributed by atoms with Crippen molar-refractivity contribution in [2.24, 2.45) is 5.73 Å². The van der Waals surface area contributed by atoms with Gasteiger partial charge in [-0.3, -0.25) is 9.59 Å². The number of rotatable bonds is 4. The fourth-order valence-electron chi connectivity index (χ4n) is 1.86. The first-order valence-electron chi connectivity index (χ1n) is 6.68. The zero-order valence-corrected chi connectivity index (χ0v) is 12.6. The van der Waals surface area contributed by atoms with E-state index < -0.39 is 5.97 Å². The summed E-state index contributed by atoms with van der Waals surface area (Å²) >= 11 is 0. The van der Waals surface area contributed by atoms with Crippen LogP contribution < -0.4 is 5.73 Å². The predicted molar refractivity (Wildman–Crippen MR) is 80.7 cm³/mol. The molecule has 5 nitrogen and oxygen atoms in total. The molecule has 0 spiro atoms. The van der Waals surface area contributed by atoms with Crippen LogP contribution in [0.25, 0.3) is 0 Å². The summed E-state index contributed by atoms with van der Waals surface area (Å²) in [5.74, 6) is 5.01. The van der Waals surface area contributed by atoms with Gasteiger partial charge in [0.05, 0.1) is 13.7 Å². The Labute approximate surface area is 125 Å². The van der Waals surface area contributed by atoms with Gasteiger partial charge in [0.15, 0.2) is 0 Å². The normalized spacial score (nSPS) is 9.52. The number of hydrogen-bond acceptors (Lipinski definition) is 4. The Kier molecular flexibility index (Phi) is 6.44. The first-order chi connectivity index (χ1) is 10.0. The molecule has 0 saturated heterocycles. The third-order valence-corrected chi connectivity index (χ3v) is 2.88. The van der Waals surface area contributed by atoms with Crippen molar-refractivity contribution >= 4 is 11.9 Å². The van der Waals surface area contributed by atoms with Crippen LogP contribution in [0, 0.1) is 18.8 Å². The van der Waals surface area contributed by atoms with Gasteiger partial charge in [0, 0.05) is 17.7 Å². The average molecular weight is 288 g/mol. The van der Waals surface area contributed by atoms with E-state index in [1.54, 1.807) is 12.1 Å². The SMILES string of the molecule is CCN(CC(=O)OC)C(=O)c1cc(C)cc(C#CCN)c1. The highest BCUT2D eigenvalue weighted by molar-refractivity contribution is 5.96. The Hall–Kier alpha value is -2.32. The maximum absolute atomic E-state index is 12.5. The molecule has 1 amide bonds. The fraction of sp³-hybridized carbons (Fsp3) is 0.375. The first kappa shape index (κ1) is 16.7. The molecule has 21 heavy (non-hydrogen) atoms. The van der Waals surface area contributed by atoms with E-state index in [4.69, 9.17) is 5.73 Å². The second kappa shape index (κ2) is 8.08. The Bertz CT molecular complexity index is 585. The maximum atomic E-state index is 12.5. The molecule has 1 aromatic carbocycles. The Morgan fingerprint density at radius 2 is 2.05 bits per heavy atom. The molecule has 0 radical (unpaired) electrons. The van der Waals surface area contributed by atoms with E-state index in [0.29, 0.717) is 12.1 Å². The van der Waals surface area contributed by atoms with E-state index in [0.717, 1.165) is 11.1 Å². The van der Waals surface area contributed by atoms with Gasteiger partial charge >= 0.3 is 5.97 Å². The molecule has 0 unspecified atom stereocenters. The molecule has 0 saturated carbocycles. The molecule has 0 bridgehead atoms. The van der Waals surface area contributed by atoms with Gasteiger partial charge in [-0.25, -0.2) is 0 Å². The highest BCUT2D eigenvalue weighted by Crippen LogP contribution is 2.12. The van der Waals surface area contributed by atoms with Gasteiger partial charge in [0.25, 0.3) is 5.91 Å². The monoisotopic (exact) mass is 288 g/mol. The molecule has 2 N–H and O–H groups in total. The number of aryl methyl sites for hydroxylation is 1. The third-order valence-electron chi connectivity index (χ3n) is 2.88. The van der Waals surface area contributed by atoms with Crippen LogP contribution in [0.2, 0.25) is 0 Å². The van der Waals surface area contributed by atoms with Gasteiger partial charge in [-0.2, -0.15) is 0 Å². The van der Waals surface area contributed by atoms with E-state index in [1.807, 2.05) is 19.9 Å². The second-order valence-electron chi connectivity index (χ2n) is 4.49. The molecule has 0 heterocycles. The van der Waals surface area contributed by atoms with Crippen LogP contribution in [0.15, 0.2) is 18.2 Å². The Morgan fingerprint density at radius 3 is 2.62 bits per heavy atom. The van der Waals surface area contributed by atoms with Crippen LogP contribution in [0.1, 0.15) is 28.4 Å². The lowest BCUT2D eigenvalue weighted by molar-refractivity contribution is -0.141. The van der Waals surface area contributed by atoms with Gasteiger partial charge < -0.3 is 15.4 Å². The number of nitrogens with zero attached hydrogens (tertiary/aromatic N) is 1. The summed E-state index contributed by atoms with van der Waals surface area (Å²) in [6.07, 6.45) is 0. The third kappa shape index (κ3) is 4.93. The van der Waals surface area contributed by atoms with Gasteiger partial charge in [0.1, 0.15) is 6.54 Å². The van der Waals surface area contributed by atoms with Gasteiger partial charge in [-0.15, -0.1) is 0 Å². The van der Waals surface area contributed by atoms with E-state index >= 15 is 0 Å². The van der Waals surface area contributed by atoms with Crippen LogP contribution in [-0.4, -0.2) is 43.5 Å². The number of ether oxygens (including phenoxy) is 1. The van der Waals surface area contributed by atoms with Crippen molar-refractivity contribution < 1.29 is 14.3 Å². The number of methoxy groups -OCH3 is 1. The largest absolute Gasteiger partial charge is 0.468 e. The van der Waals surface area contributed by atoms with Crippen LogP contribution in [0.4, 0.5) is 0 Å². The number of nitrogens with two attached hydrogens (primary N) is 1. The van der Waals surface area contributed by atoms with Gasteiger partial charge in [-0.05, 0) is 37.6 Å². The van der Waals surface area contributed by atoms with E-state index in [-0.39, 0.29) is 19.0 Å². The van der Waals surface area contributed by atoms with Crippen molar-refractivity contribution in [3.8, 4) is 11.8 Å². The lowest BCUT2D eigenvalue weighted by Gasteiger charge is -2.19. The molecule has 1 rings (SSSR count). The van der Waals surface area contributed by atoms with Crippen molar-refractivity contribution in [1.82, 2.24) is 4.90 Å². The first-order valence-corrected chi connectivity index (χ1v) is 6.68. The summed E-state index contributed by atoms with van der Waals surface area (Å²) < 4.78 is 4.60. The number of carbonyl (C=O) groups excluding carboxylic acids is 2. The number of likely N-dealkylation sites (N-methyl/N-ethyl adjacent to an activating group) is 1. The zero-order chi connectivity index (χ0) is 15.8. The summed E-state index contributed by atoms with van der Waals surface area (Å²) in [6.45, 7) is 4.32. The van der Waals surface area contributed by atoms with Crippen LogP contribution in [0.5, 0.6) is 0 Å². The van der Waals surface area contributed by atoms with Gasteiger partial charge in [0.2, 0.25) is 0 Å². The van der Waals surface area contributed by atoms with Crippen LogP contribution in [-0.2, 0) is 9.53 Å². The highest BCUT2D eigenvalue weighted by atomic mass is 16.5.